The van der Waals surface area contributed by atoms with Gasteiger partial charge in [0.1, 0.15) is 0 Å². The van der Waals surface area contributed by atoms with E-state index in [1.807, 2.05) is 20.8 Å². The Morgan fingerprint density at radius 2 is 1.81 bits per heavy atom. The largest absolute Gasteiger partial charge is 0.504 e. The number of phenols is 2. The molecule has 0 aromatic heterocycles. The van der Waals surface area contributed by atoms with Gasteiger partial charge in [-0.15, -0.1) is 0 Å². The molecule has 7 heteroatoms. The lowest BCUT2D eigenvalue weighted by atomic mass is 10.1. The summed E-state index contributed by atoms with van der Waals surface area (Å²) < 4.78 is 4.94. The van der Waals surface area contributed by atoms with Crippen LogP contribution in [0.3, 0.4) is 0 Å². The highest BCUT2D eigenvalue weighted by molar-refractivity contribution is 5.85. The maximum Gasteiger partial charge on any atom is 0.259 e. The molecular weight excluding hydrogens is 334 g/mol. The predicted molar refractivity (Wildman–Crippen MR) is 101 cm³/mol. The van der Waals surface area contributed by atoms with Gasteiger partial charge in [-0.3, -0.25) is 4.79 Å². The molecule has 0 bridgehead atoms. The van der Waals surface area contributed by atoms with Crippen LogP contribution in [-0.2, 0) is 4.79 Å². The predicted octanol–water partition coefficient (Wildman–Crippen LogP) is 2.59. The molecule has 0 unspecified atom stereocenters. The number of benzene rings is 2. The van der Waals surface area contributed by atoms with Gasteiger partial charge in [0.25, 0.3) is 5.91 Å². The van der Waals surface area contributed by atoms with Crippen molar-refractivity contribution in [1.82, 2.24) is 5.43 Å². The highest BCUT2D eigenvalue weighted by Gasteiger charge is 2.09. The molecule has 0 aliphatic heterocycles. The van der Waals surface area contributed by atoms with Crippen LogP contribution in [0.5, 0.6) is 17.2 Å². The number of hydrogen-bond acceptors (Lipinski definition) is 6. The number of amides is 1. The van der Waals surface area contributed by atoms with E-state index in [0.717, 1.165) is 16.8 Å². The molecule has 0 fully saturated rings. The Labute approximate surface area is 152 Å². The standard InChI is InChI=1S/C19H23N3O4/c1-11-5-12(2)18(13(3)6-11)20-10-17(24)22-21-9-14-7-15(23)19(25)16(8-14)26-4/h5-9,20,23,25H,10H2,1-4H3,(H,22,24)/b21-9+. The summed E-state index contributed by atoms with van der Waals surface area (Å²) in [7, 11) is 1.37. The van der Waals surface area contributed by atoms with Crippen LogP contribution in [0.25, 0.3) is 0 Å². The summed E-state index contributed by atoms with van der Waals surface area (Å²) in [6.45, 7) is 6.08. The smallest absolute Gasteiger partial charge is 0.259 e. The number of aryl methyl sites for hydroxylation is 3. The van der Waals surface area contributed by atoms with Crippen LogP contribution in [0.15, 0.2) is 29.4 Å². The molecule has 0 saturated carbocycles. The Bertz CT molecular complexity index is 824. The Balaban J connectivity index is 1.95. The van der Waals surface area contributed by atoms with Gasteiger partial charge >= 0.3 is 0 Å². The summed E-state index contributed by atoms with van der Waals surface area (Å²) in [6, 6.07) is 6.90. The average Bonchev–Trinajstić information content (AvgIpc) is 2.56. The monoisotopic (exact) mass is 357 g/mol. The van der Waals surface area contributed by atoms with E-state index in [9.17, 15) is 15.0 Å². The molecule has 2 rings (SSSR count). The average molecular weight is 357 g/mol. The van der Waals surface area contributed by atoms with Crippen molar-refractivity contribution in [2.24, 2.45) is 5.10 Å². The Morgan fingerprint density at radius 3 is 2.42 bits per heavy atom. The number of methoxy groups -OCH3 is 1. The maximum atomic E-state index is 11.9. The molecule has 2 aromatic carbocycles. The SMILES string of the molecule is COc1cc(/C=N/NC(=O)CNc2c(C)cc(C)cc2C)cc(O)c1O. The van der Waals surface area contributed by atoms with Crippen LogP contribution in [0.2, 0.25) is 0 Å². The first kappa shape index (κ1) is 19.1. The topological polar surface area (TPSA) is 103 Å². The summed E-state index contributed by atoms with van der Waals surface area (Å²) in [6.07, 6.45) is 1.35. The zero-order chi connectivity index (χ0) is 19.3. The number of nitrogens with one attached hydrogen (secondary N) is 2. The molecule has 0 spiro atoms. The van der Waals surface area contributed by atoms with Gasteiger partial charge in [0.2, 0.25) is 5.75 Å². The van der Waals surface area contributed by atoms with Gasteiger partial charge < -0.3 is 20.3 Å². The number of carbonyl (C=O) groups is 1. The third kappa shape index (κ3) is 4.66. The zero-order valence-electron chi connectivity index (χ0n) is 15.3. The van der Waals surface area contributed by atoms with Crippen molar-refractivity contribution >= 4 is 17.8 Å². The third-order valence-electron chi connectivity index (χ3n) is 3.80. The van der Waals surface area contributed by atoms with Crippen LogP contribution in [-0.4, -0.2) is 36.0 Å². The van der Waals surface area contributed by atoms with Crippen molar-refractivity contribution in [2.45, 2.75) is 20.8 Å². The molecular formula is C19H23N3O4. The number of aromatic hydroxyl groups is 2. The first-order chi connectivity index (χ1) is 12.3. The summed E-state index contributed by atoms with van der Waals surface area (Å²) in [5.41, 5.74) is 7.13. The quantitative estimate of drug-likeness (QED) is 0.361. The van der Waals surface area contributed by atoms with Crippen LogP contribution >= 0.6 is 0 Å². The van der Waals surface area contributed by atoms with Gasteiger partial charge in [0.05, 0.1) is 19.9 Å². The molecule has 1 amide bonds. The van der Waals surface area contributed by atoms with Crippen molar-refractivity contribution in [3.63, 3.8) is 0 Å². The highest BCUT2D eigenvalue weighted by atomic mass is 16.5. The molecule has 26 heavy (non-hydrogen) atoms. The minimum Gasteiger partial charge on any atom is -0.504 e. The van der Waals surface area contributed by atoms with Crippen molar-refractivity contribution in [3.8, 4) is 17.2 Å². The number of hydrazone groups is 1. The molecule has 0 aliphatic rings. The van der Waals surface area contributed by atoms with E-state index in [-0.39, 0.29) is 29.7 Å². The molecule has 0 aliphatic carbocycles. The molecule has 0 atom stereocenters. The van der Waals surface area contributed by atoms with E-state index in [1.165, 1.54) is 31.0 Å². The second-order valence-electron chi connectivity index (χ2n) is 6.01. The third-order valence-corrected chi connectivity index (χ3v) is 3.80. The van der Waals surface area contributed by atoms with E-state index in [2.05, 4.69) is 28.0 Å². The van der Waals surface area contributed by atoms with Crippen LogP contribution in [0.4, 0.5) is 5.69 Å². The Morgan fingerprint density at radius 1 is 1.15 bits per heavy atom. The lowest BCUT2D eigenvalue weighted by Crippen LogP contribution is -2.26. The van der Waals surface area contributed by atoms with E-state index >= 15 is 0 Å². The number of ether oxygens (including phenoxy) is 1. The van der Waals surface area contributed by atoms with Gasteiger partial charge in [-0.1, -0.05) is 17.7 Å². The van der Waals surface area contributed by atoms with Crippen LogP contribution < -0.4 is 15.5 Å². The van der Waals surface area contributed by atoms with Crippen molar-refractivity contribution in [1.29, 1.82) is 0 Å². The molecule has 0 heterocycles. The van der Waals surface area contributed by atoms with Crippen molar-refractivity contribution < 1.29 is 19.7 Å². The summed E-state index contributed by atoms with van der Waals surface area (Å²) in [4.78, 5) is 11.9. The number of rotatable bonds is 6. The molecule has 0 radical (unpaired) electrons. The molecule has 0 saturated heterocycles. The second kappa shape index (κ2) is 8.24. The maximum absolute atomic E-state index is 11.9. The zero-order valence-corrected chi connectivity index (χ0v) is 15.3. The molecule has 138 valence electrons. The normalized spacial score (nSPS) is 10.8. The number of anilines is 1. The van der Waals surface area contributed by atoms with Gasteiger partial charge in [-0.2, -0.15) is 5.10 Å². The fraction of sp³-hybridized carbons (Fsp3) is 0.263. The summed E-state index contributed by atoms with van der Waals surface area (Å²) in [5.74, 6) is -0.869. The van der Waals surface area contributed by atoms with Crippen molar-refractivity contribution in [3.05, 3.63) is 46.5 Å². The number of nitrogens with zero attached hydrogens (tertiary/aromatic N) is 1. The Hall–Kier alpha value is -3.22. The first-order valence-corrected chi connectivity index (χ1v) is 8.05. The molecule has 7 nitrogen and oxygen atoms in total. The van der Waals surface area contributed by atoms with Gasteiger partial charge in [-0.05, 0) is 44.0 Å². The first-order valence-electron chi connectivity index (χ1n) is 8.05. The van der Waals surface area contributed by atoms with E-state index in [1.54, 1.807) is 0 Å². The molecule has 2 aromatic rings. The van der Waals surface area contributed by atoms with Gasteiger partial charge in [0, 0.05) is 11.3 Å². The number of phenolic OH excluding ortho intramolecular Hbond substituents is 2. The Kier molecular flexibility index (Phi) is 6.06. The minimum absolute atomic E-state index is 0.0756. The lowest BCUT2D eigenvalue weighted by molar-refractivity contribution is -0.119. The van der Waals surface area contributed by atoms with E-state index < -0.39 is 0 Å². The van der Waals surface area contributed by atoms with Crippen LogP contribution in [0, 0.1) is 20.8 Å². The summed E-state index contributed by atoms with van der Waals surface area (Å²) in [5, 5.41) is 26.2. The van der Waals surface area contributed by atoms with E-state index in [4.69, 9.17) is 4.74 Å². The highest BCUT2D eigenvalue weighted by Crippen LogP contribution is 2.35. The fourth-order valence-corrected chi connectivity index (χ4v) is 2.69. The number of carbonyl (C=O) groups excluding carboxylic acids is 1. The lowest BCUT2D eigenvalue weighted by Gasteiger charge is -2.13. The minimum atomic E-state index is -0.346. The fourth-order valence-electron chi connectivity index (χ4n) is 2.69. The number of hydrogen-bond donors (Lipinski definition) is 4. The van der Waals surface area contributed by atoms with Gasteiger partial charge in [-0.25, -0.2) is 5.43 Å². The molecule has 4 N–H and O–H groups in total. The van der Waals surface area contributed by atoms with E-state index in [0.29, 0.717) is 5.56 Å². The van der Waals surface area contributed by atoms with Crippen molar-refractivity contribution in [2.75, 3.05) is 19.0 Å². The summed E-state index contributed by atoms with van der Waals surface area (Å²) >= 11 is 0. The van der Waals surface area contributed by atoms with Crippen LogP contribution in [0.1, 0.15) is 22.3 Å². The second-order valence-corrected chi connectivity index (χ2v) is 6.01. The van der Waals surface area contributed by atoms with Gasteiger partial charge in [0.15, 0.2) is 11.5 Å².